The summed E-state index contributed by atoms with van der Waals surface area (Å²) >= 11 is 7.91. The fraction of sp³-hybridized carbons (Fsp3) is 0.538. The van der Waals surface area contributed by atoms with Crippen LogP contribution in [0.25, 0.3) is 0 Å². The van der Waals surface area contributed by atoms with Crippen molar-refractivity contribution < 1.29 is 9.84 Å². The fourth-order valence-electron chi connectivity index (χ4n) is 2.58. The number of fused-ring (bicyclic) bond motifs is 1. The lowest BCUT2D eigenvalue weighted by molar-refractivity contribution is 0.0403. The zero-order valence-corrected chi connectivity index (χ0v) is 11.0. The van der Waals surface area contributed by atoms with Crippen molar-refractivity contribution in [2.75, 3.05) is 11.5 Å². The Labute approximate surface area is 110 Å². The summed E-state index contributed by atoms with van der Waals surface area (Å²) in [6, 6.07) is 5.50. The molecule has 1 aromatic carbocycles. The predicted octanol–water partition coefficient (Wildman–Crippen LogP) is 3.28. The molecule has 4 heteroatoms. The lowest BCUT2D eigenvalue weighted by Crippen LogP contribution is -2.32. The van der Waals surface area contributed by atoms with Crippen molar-refractivity contribution in [3.05, 3.63) is 28.8 Å². The number of ether oxygens (including phenoxy) is 1. The zero-order valence-electron chi connectivity index (χ0n) is 9.43. The Bertz CT molecular complexity index is 418. The Morgan fingerprint density at radius 2 is 2.29 bits per heavy atom. The Morgan fingerprint density at radius 3 is 3.06 bits per heavy atom. The van der Waals surface area contributed by atoms with E-state index in [4.69, 9.17) is 16.3 Å². The van der Waals surface area contributed by atoms with Gasteiger partial charge in [-0.05, 0) is 36.1 Å². The number of hydrogen-bond acceptors (Lipinski definition) is 3. The highest BCUT2D eigenvalue weighted by Gasteiger charge is 2.34. The summed E-state index contributed by atoms with van der Waals surface area (Å²) < 4.78 is 6.01. The molecule has 1 fully saturated rings. The van der Waals surface area contributed by atoms with Crippen molar-refractivity contribution in [2.45, 2.75) is 25.0 Å². The SMILES string of the molecule is O[C@@H]1CC(C2CCSC2)Oc2ccc(Cl)cc21. The fourth-order valence-corrected chi connectivity index (χ4v) is 4.08. The molecule has 2 unspecified atom stereocenters. The lowest BCUT2D eigenvalue weighted by atomic mass is 9.91. The smallest absolute Gasteiger partial charge is 0.125 e. The molecule has 0 radical (unpaired) electrons. The summed E-state index contributed by atoms with van der Waals surface area (Å²) in [7, 11) is 0. The van der Waals surface area contributed by atoms with Crippen LogP contribution < -0.4 is 4.74 Å². The third-order valence-corrected chi connectivity index (χ3v) is 4.98. The number of thioether (sulfide) groups is 1. The van der Waals surface area contributed by atoms with Crippen molar-refractivity contribution in [1.29, 1.82) is 0 Å². The first-order valence-electron chi connectivity index (χ1n) is 5.96. The molecule has 1 saturated heterocycles. The van der Waals surface area contributed by atoms with Crippen molar-refractivity contribution in [3.8, 4) is 5.75 Å². The molecule has 2 nitrogen and oxygen atoms in total. The molecule has 17 heavy (non-hydrogen) atoms. The van der Waals surface area contributed by atoms with Crippen LogP contribution >= 0.6 is 23.4 Å². The third kappa shape index (κ3) is 2.28. The molecule has 0 spiro atoms. The molecule has 0 aromatic heterocycles. The monoisotopic (exact) mass is 270 g/mol. The van der Waals surface area contributed by atoms with E-state index in [0.717, 1.165) is 17.1 Å². The largest absolute Gasteiger partial charge is 0.490 e. The summed E-state index contributed by atoms with van der Waals surface area (Å²) in [5.41, 5.74) is 0.833. The van der Waals surface area contributed by atoms with Crippen molar-refractivity contribution in [1.82, 2.24) is 0 Å². The highest BCUT2D eigenvalue weighted by atomic mass is 35.5. The van der Waals surface area contributed by atoms with Gasteiger partial charge in [-0.3, -0.25) is 0 Å². The normalized spacial score (nSPS) is 32.0. The van der Waals surface area contributed by atoms with E-state index in [1.54, 1.807) is 6.07 Å². The van der Waals surface area contributed by atoms with Gasteiger partial charge in [-0.1, -0.05) is 11.6 Å². The third-order valence-electron chi connectivity index (χ3n) is 3.56. The molecule has 92 valence electrons. The van der Waals surface area contributed by atoms with Gasteiger partial charge in [0.25, 0.3) is 0 Å². The second-order valence-electron chi connectivity index (χ2n) is 4.71. The number of rotatable bonds is 1. The summed E-state index contributed by atoms with van der Waals surface area (Å²) in [4.78, 5) is 0. The number of halogens is 1. The van der Waals surface area contributed by atoms with Crippen molar-refractivity contribution in [3.63, 3.8) is 0 Å². The summed E-state index contributed by atoms with van der Waals surface area (Å²) in [5, 5.41) is 10.8. The van der Waals surface area contributed by atoms with Gasteiger partial charge in [-0.15, -0.1) is 0 Å². The van der Waals surface area contributed by atoms with Gasteiger partial charge in [0.05, 0.1) is 6.10 Å². The van der Waals surface area contributed by atoms with Gasteiger partial charge >= 0.3 is 0 Å². The van der Waals surface area contributed by atoms with Crippen LogP contribution in [0.15, 0.2) is 18.2 Å². The average Bonchev–Trinajstić information content (AvgIpc) is 2.83. The molecule has 2 heterocycles. The minimum Gasteiger partial charge on any atom is -0.490 e. The molecular weight excluding hydrogens is 256 g/mol. The molecule has 2 aliphatic heterocycles. The summed E-state index contributed by atoms with van der Waals surface area (Å²) in [6.07, 6.45) is 1.62. The van der Waals surface area contributed by atoms with Gasteiger partial charge in [0.15, 0.2) is 0 Å². The number of hydrogen-bond donors (Lipinski definition) is 1. The number of aliphatic hydroxyl groups excluding tert-OH is 1. The first-order chi connectivity index (χ1) is 8.24. The number of benzene rings is 1. The van der Waals surface area contributed by atoms with Crippen LogP contribution in [0.2, 0.25) is 5.02 Å². The Kier molecular flexibility index (Phi) is 3.24. The maximum Gasteiger partial charge on any atom is 0.125 e. The second-order valence-corrected chi connectivity index (χ2v) is 6.30. The van der Waals surface area contributed by atoms with E-state index < -0.39 is 6.10 Å². The first kappa shape index (κ1) is 11.7. The lowest BCUT2D eigenvalue weighted by Gasteiger charge is -2.33. The molecule has 0 amide bonds. The molecule has 1 N–H and O–H groups in total. The molecule has 0 aliphatic carbocycles. The summed E-state index contributed by atoms with van der Waals surface area (Å²) in [5.74, 6) is 3.75. The minimum absolute atomic E-state index is 0.161. The van der Waals surface area contributed by atoms with E-state index in [-0.39, 0.29) is 6.10 Å². The Hall–Kier alpha value is -0.380. The van der Waals surface area contributed by atoms with Gasteiger partial charge in [0, 0.05) is 22.9 Å². The van der Waals surface area contributed by atoms with Gasteiger partial charge in [-0.25, -0.2) is 0 Å². The van der Waals surface area contributed by atoms with Crippen LogP contribution in [0.4, 0.5) is 0 Å². The maximum absolute atomic E-state index is 10.2. The standard InChI is InChI=1S/C13H15ClO2S/c14-9-1-2-12-10(5-9)11(15)6-13(16-12)8-3-4-17-7-8/h1-2,5,8,11,13,15H,3-4,6-7H2/t8?,11-,13?/m1/s1. The van der Waals surface area contributed by atoms with E-state index in [1.807, 2.05) is 23.9 Å². The van der Waals surface area contributed by atoms with E-state index in [0.29, 0.717) is 17.4 Å². The van der Waals surface area contributed by atoms with E-state index in [1.165, 1.54) is 12.2 Å². The first-order valence-corrected chi connectivity index (χ1v) is 7.49. The van der Waals surface area contributed by atoms with Crippen LogP contribution in [0.3, 0.4) is 0 Å². The van der Waals surface area contributed by atoms with Crippen LogP contribution in [0, 0.1) is 5.92 Å². The molecule has 1 aromatic rings. The van der Waals surface area contributed by atoms with Gasteiger partial charge in [0.2, 0.25) is 0 Å². The molecule has 3 atom stereocenters. The van der Waals surface area contributed by atoms with Crippen LogP contribution in [-0.4, -0.2) is 22.7 Å². The van der Waals surface area contributed by atoms with Crippen molar-refractivity contribution >= 4 is 23.4 Å². The van der Waals surface area contributed by atoms with Crippen LogP contribution in [0.1, 0.15) is 24.5 Å². The topological polar surface area (TPSA) is 29.5 Å². The molecular formula is C13H15ClO2S. The van der Waals surface area contributed by atoms with Crippen LogP contribution in [-0.2, 0) is 0 Å². The average molecular weight is 271 g/mol. The quantitative estimate of drug-likeness (QED) is 0.849. The predicted molar refractivity (Wildman–Crippen MR) is 70.9 cm³/mol. The van der Waals surface area contributed by atoms with Crippen molar-refractivity contribution in [2.24, 2.45) is 5.92 Å². The van der Waals surface area contributed by atoms with E-state index in [9.17, 15) is 5.11 Å². The molecule has 2 aliphatic rings. The Morgan fingerprint density at radius 1 is 1.41 bits per heavy atom. The highest BCUT2D eigenvalue weighted by molar-refractivity contribution is 7.99. The number of aliphatic hydroxyl groups is 1. The van der Waals surface area contributed by atoms with Crippen LogP contribution in [0.5, 0.6) is 5.75 Å². The zero-order chi connectivity index (χ0) is 11.8. The second kappa shape index (κ2) is 4.71. The minimum atomic E-state index is -0.437. The van der Waals surface area contributed by atoms with E-state index in [2.05, 4.69) is 0 Å². The maximum atomic E-state index is 10.2. The van der Waals surface area contributed by atoms with Gasteiger partial charge in [-0.2, -0.15) is 11.8 Å². The molecule has 3 rings (SSSR count). The Balaban J connectivity index is 1.84. The molecule has 0 saturated carbocycles. The van der Waals surface area contributed by atoms with Gasteiger partial charge < -0.3 is 9.84 Å². The van der Waals surface area contributed by atoms with E-state index >= 15 is 0 Å². The molecule has 0 bridgehead atoms. The highest BCUT2D eigenvalue weighted by Crippen LogP contribution is 2.40. The summed E-state index contributed by atoms with van der Waals surface area (Å²) in [6.45, 7) is 0. The van der Waals surface area contributed by atoms with Gasteiger partial charge in [0.1, 0.15) is 11.9 Å².